The second-order valence-corrected chi connectivity index (χ2v) is 7.69. The summed E-state index contributed by atoms with van der Waals surface area (Å²) in [5.74, 6) is -0.0879. The van der Waals surface area contributed by atoms with Gasteiger partial charge >= 0.3 is 6.18 Å². The van der Waals surface area contributed by atoms with Gasteiger partial charge in [0.15, 0.2) is 0 Å². The van der Waals surface area contributed by atoms with Gasteiger partial charge in [-0.05, 0) is 25.5 Å². The number of carbonyl (C=O) groups excluding carboxylic acids is 1. The van der Waals surface area contributed by atoms with Crippen LogP contribution in [0, 0.1) is 6.92 Å². The van der Waals surface area contributed by atoms with E-state index >= 15 is 0 Å². The maximum atomic E-state index is 13.4. The van der Waals surface area contributed by atoms with Gasteiger partial charge in [0.1, 0.15) is 5.69 Å². The highest BCUT2D eigenvalue weighted by atomic mass is 19.4. The molecule has 4 rings (SSSR count). The Balaban J connectivity index is 1.55. The molecule has 0 atom stereocenters. The third kappa shape index (κ3) is 4.08. The van der Waals surface area contributed by atoms with Crippen LogP contribution in [0.15, 0.2) is 36.5 Å². The van der Waals surface area contributed by atoms with Gasteiger partial charge in [0.25, 0.3) is 5.91 Å². The number of aromatic nitrogens is 3. The summed E-state index contributed by atoms with van der Waals surface area (Å²) < 4.78 is 41.9. The summed E-state index contributed by atoms with van der Waals surface area (Å²) in [6.07, 6.45) is -1.99. The molecule has 0 saturated carbocycles. The number of para-hydroxylation sites is 1. The Bertz CT molecular complexity index is 1100. The first kappa shape index (κ1) is 21.1. The minimum atomic E-state index is -4.52. The van der Waals surface area contributed by atoms with E-state index in [4.69, 9.17) is 0 Å². The van der Waals surface area contributed by atoms with E-state index in [1.165, 1.54) is 0 Å². The highest BCUT2D eigenvalue weighted by Gasteiger charge is 2.34. The molecule has 2 aromatic heterocycles. The molecule has 0 bridgehead atoms. The first-order valence-electron chi connectivity index (χ1n) is 10.3. The van der Waals surface area contributed by atoms with E-state index in [2.05, 4.69) is 17.0 Å². The molecule has 0 unspecified atom stereocenters. The van der Waals surface area contributed by atoms with Gasteiger partial charge < -0.3 is 9.80 Å². The Kier molecular flexibility index (Phi) is 5.60. The number of aryl methyl sites for hydroxylation is 1. The van der Waals surface area contributed by atoms with Crippen molar-refractivity contribution in [1.29, 1.82) is 0 Å². The van der Waals surface area contributed by atoms with Gasteiger partial charge in [-0.25, -0.2) is 4.98 Å². The molecule has 1 saturated heterocycles. The molecule has 1 amide bonds. The fraction of sp³-hybridized carbons (Fsp3) is 0.409. The van der Waals surface area contributed by atoms with Crippen LogP contribution in [0.1, 0.15) is 35.1 Å². The maximum absolute atomic E-state index is 13.4. The lowest BCUT2D eigenvalue weighted by Crippen LogP contribution is -2.49. The standard InChI is InChI=1S/C22H24F3N5O/c1-3-8-30-15(2)17(14-26-30)21(31)29-11-9-28(10-12-29)19-13-20(22(23,24)25)27-18-7-5-4-6-16(18)19/h4-7,13-14H,3,8-12H2,1-2H3. The van der Waals surface area contributed by atoms with E-state index in [-0.39, 0.29) is 5.91 Å². The number of hydrogen-bond acceptors (Lipinski definition) is 4. The lowest BCUT2D eigenvalue weighted by atomic mass is 10.1. The first-order valence-corrected chi connectivity index (χ1v) is 10.3. The number of hydrogen-bond donors (Lipinski definition) is 0. The molecule has 0 N–H and O–H groups in total. The molecule has 0 radical (unpaired) electrons. The van der Waals surface area contributed by atoms with Crippen molar-refractivity contribution >= 4 is 22.5 Å². The zero-order valence-electron chi connectivity index (χ0n) is 17.5. The van der Waals surface area contributed by atoms with Gasteiger partial charge in [0.2, 0.25) is 0 Å². The number of rotatable bonds is 4. The number of pyridine rings is 1. The van der Waals surface area contributed by atoms with E-state index in [9.17, 15) is 18.0 Å². The van der Waals surface area contributed by atoms with Gasteiger partial charge in [-0.2, -0.15) is 18.3 Å². The summed E-state index contributed by atoms with van der Waals surface area (Å²) >= 11 is 0. The predicted molar refractivity (Wildman–Crippen MR) is 112 cm³/mol. The molecule has 1 aliphatic rings. The zero-order chi connectivity index (χ0) is 22.2. The van der Waals surface area contributed by atoms with Crippen molar-refractivity contribution in [2.75, 3.05) is 31.1 Å². The molecule has 1 aliphatic heterocycles. The molecule has 31 heavy (non-hydrogen) atoms. The molecule has 9 heteroatoms. The Labute approximate surface area is 178 Å². The number of benzene rings is 1. The van der Waals surface area contributed by atoms with Crippen LogP contribution < -0.4 is 4.90 Å². The number of piperazine rings is 1. The van der Waals surface area contributed by atoms with Gasteiger partial charge in [-0.3, -0.25) is 9.48 Å². The fourth-order valence-corrected chi connectivity index (χ4v) is 3.98. The lowest BCUT2D eigenvalue weighted by Gasteiger charge is -2.36. The van der Waals surface area contributed by atoms with Gasteiger partial charge in [0.05, 0.1) is 17.3 Å². The summed E-state index contributed by atoms with van der Waals surface area (Å²) in [6.45, 7) is 6.43. The normalized spacial score (nSPS) is 15.0. The molecule has 6 nitrogen and oxygen atoms in total. The average molecular weight is 431 g/mol. The quantitative estimate of drug-likeness (QED) is 0.623. The van der Waals surface area contributed by atoms with Crippen LogP contribution in [0.5, 0.6) is 0 Å². The molecule has 1 fully saturated rings. The van der Waals surface area contributed by atoms with Crippen LogP contribution in [-0.4, -0.2) is 51.8 Å². The molecular weight excluding hydrogens is 407 g/mol. The van der Waals surface area contributed by atoms with Crippen LogP contribution in [0.3, 0.4) is 0 Å². The van der Waals surface area contributed by atoms with E-state index in [0.717, 1.165) is 24.7 Å². The molecular formula is C22H24F3N5O. The van der Waals surface area contributed by atoms with Crippen molar-refractivity contribution in [1.82, 2.24) is 19.7 Å². The van der Waals surface area contributed by atoms with E-state index in [0.29, 0.717) is 48.3 Å². The Morgan fingerprint density at radius 3 is 2.52 bits per heavy atom. The molecule has 3 aromatic rings. The van der Waals surface area contributed by atoms with Gasteiger partial charge in [-0.15, -0.1) is 0 Å². The van der Waals surface area contributed by atoms with Crippen LogP contribution in [0.4, 0.5) is 18.9 Å². The van der Waals surface area contributed by atoms with E-state index in [1.807, 2.05) is 16.5 Å². The van der Waals surface area contributed by atoms with Gasteiger partial charge in [-0.1, -0.05) is 25.1 Å². The summed E-state index contributed by atoms with van der Waals surface area (Å²) in [4.78, 5) is 20.4. The topological polar surface area (TPSA) is 54.3 Å². The number of amides is 1. The predicted octanol–water partition coefficient (Wildman–Crippen LogP) is 4.13. The molecule has 3 heterocycles. The number of nitrogens with zero attached hydrogens (tertiary/aromatic N) is 5. The number of carbonyl (C=O) groups is 1. The minimum Gasteiger partial charge on any atom is -0.367 e. The van der Waals surface area contributed by atoms with Crippen LogP contribution >= 0.6 is 0 Å². The number of halogens is 3. The van der Waals surface area contributed by atoms with E-state index in [1.54, 1.807) is 35.4 Å². The Morgan fingerprint density at radius 1 is 1.13 bits per heavy atom. The number of anilines is 1. The van der Waals surface area contributed by atoms with Crippen molar-refractivity contribution in [3.63, 3.8) is 0 Å². The van der Waals surface area contributed by atoms with Crippen LogP contribution in [-0.2, 0) is 12.7 Å². The number of alkyl halides is 3. The molecule has 1 aromatic carbocycles. The summed E-state index contributed by atoms with van der Waals surface area (Å²) in [6, 6.07) is 7.94. The summed E-state index contributed by atoms with van der Waals surface area (Å²) in [5, 5.41) is 4.97. The second-order valence-electron chi connectivity index (χ2n) is 7.69. The Hall–Kier alpha value is -3.10. The SMILES string of the molecule is CCCn1ncc(C(=O)N2CCN(c3cc(C(F)(F)F)nc4ccccc34)CC2)c1C. The largest absolute Gasteiger partial charge is 0.433 e. The third-order valence-corrected chi connectivity index (χ3v) is 5.66. The highest BCUT2D eigenvalue weighted by molar-refractivity contribution is 5.95. The van der Waals surface area contributed by atoms with Crippen molar-refractivity contribution in [2.45, 2.75) is 33.0 Å². The zero-order valence-corrected chi connectivity index (χ0v) is 17.5. The fourth-order valence-electron chi connectivity index (χ4n) is 3.98. The van der Waals surface area contributed by atoms with Gasteiger partial charge in [0, 0.05) is 49.5 Å². The lowest BCUT2D eigenvalue weighted by molar-refractivity contribution is -0.140. The van der Waals surface area contributed by atoms with Crippen molar-refractivity contribution in [2.24, 2.45) is 0 Å². The highest BCUT2D eigenvalue weighted by Crippen LogP contribution is 2.35. The first-order chi connectivity index (χ1) is 14.8. The van der Waals surface area contributed by atoms with Crippen molar-refractivity contribution in [3.8, 4) is 0 Å². The van der Waals surface area contributed by atoms with Crippen molar-refractivity contribution < 1.29 is 18.0 Å². The molecule has 0 spiro atoms. The van der Waals surface area contributed by atoms with Crippen LogP contribution in [0.25, 0.3) is 10.9 Å². The molecule has 164 valence electrons. The second kappa shape index (κ2) is 8.20. The van der Waals surface area contributed by atoms with Crippen LogP contribution in [0.2, 0.25) is 0 Å². The third-order valence-electron chi connectivity index (χ3n) is 5.66. The minimum absolute atomic E-state index is 0.0879. The maximum Gasteiger partial charge on any atom is 0.433 e. The van der Waals surface area contributed by atoms with E-state index < -0.39 is 11.9 Å². The summed E-state index contributed by atoms with van der Waals surface area (Å²) in [7, 11) is 0. The van der Waals surface area contributed by atoms with Crippen molar-refractivity contribution in [3.05, 3.63) is 53.5 Å². The average Bonchev–Trinajstić information content (AvgIpc) is 3.12. The summed E-state index contributed by atoms with van der Waals surface area (Å²) in [5.41, 5.74) is 1.32. The molecule has 0 aliphatic carbocycles. The number of fused-ring (bicyclic) bond motifs is 1. The smallest absolute Gasteiger partial charge is 0.367 e. The Morgan fingerprint density at radius 2 is 1.84 bits per heavy atom. The monoisotopic (exact) mass is 431 g/mol.